The van der Waals surface area contributed by atoms with Crippen LogP contribution in [-0.2, 0) is 0 Å². The van der Waals surface area contributed by atoms with Crippen molar-refractivity contribution < 1.29 is 14.2 Å². The highest BCUT2D eigenvalue weighted by Crippen LogP contribution is 2.20. The van der Waals surface area contributed by atoms with E-state index in [-0.39, 0.29) is 23.4 Å². The van der Waals surface area contributed by atoms with Gasteiger partial charge in [0.1, 0.15) is 0 Å². The molecular weight excluding hydrogens is 152 g/mol. The Morgan fingerprint density at radius 3 is 2.73 bits per heavy atom. The van der Waals surface area contributed by atoms with Crippen molar-refractivity contribution in [3.05, 3.63) is 21.6 Å². The first kappa shape index (κ1) is 7.39. The molecule has 0 unspecified atom stereocenters. The van der Waals surface area contributed by atoms with E-state index in [2.05, 4.69) is 9.68 Å². The van der Waals surface area contributed by atoms with Gasteiger partial charge in [0.15, 0.2) is 6.29 Å². The quantitative estimate of drug-likeness (QED) is 0.357. The van der Waals surface area contributed by atoms with Crippen LogP contribution in [-0.4, -0.2) is 16.4 Å². The van der Waals surface area contributed by atoms with Crippen molar-refractivity contribution >= 4 is 12.0 Å². The number of rotatable bonds is 2. The average Bonchev–Trinajstić information content (AvgIpc) is 2.30. The SMILES string of the molecule is Cc1onc(C=O)c1[N+](=O)[O-]. The van der Waals surface area contributed by atoms with E-state index in [0.29, 0.717) is 0 Å². The molecule has 6 heteroatoms. The van der Waals surface area contributed by atoms with Crippen LogP contribution in [0.1, 0.15) is 16.2 Å². The lowest BCUT2D eigenvalue weighted by Crippen LogP contribution is -1.92. The van der Waals surface area contributed by atoms with Gasteiger partial charge in [-0.3, -0.25) is 14.9 Å². The van der Waals surface area contributed by atoms with Gasteiger partial charge < -0.3 is 4.52 Å². The summed E-state index contributed by atoms with van der Waals surface area (Å²) in [5.74, 6) is 0.0390. The van der Waals surface area contributed by atoms with E-state index < -0.39 is 4.92 Å². The number of aldehydes is 1. The lowest BCUT2D eigenvalue weighted by Gasteiger charge is -1.83. The molecule has 0 aromatic carbocycles. The number of aryl methyl sites for hydroxylation is 1. The van der Waals surface area contributed by atoms with Gasteiger partial charge >= 0.3 is 5.69 Å². The molecule has 0 saturated heterocycles. The van der Waals surface area contributed by atoms with Crippen LogP contribution in [0.2, 0.25) is 0 Å². The smallest absolute Gasteiger partial charge is 0.341 e. The van der Waals surface area contributed by atoms with Crippen LogP contribution in [0.15, 0.2) is 4.52 Å². The van der Waals surface area contributed by atoms with E-state index in [0.717, 1.165) is 0 Å². The van der Waals surface area contributed by atoms with E-state index in [1.165, 1.54) is 6.92 Å². The standard InChI is InChI=1S/C5H4N2O4/c1-3-5(7(9)10)4(2-8)6-11-3/h2H,1H3. The van der Waals surface area contributed by atoms with Gasteiger partial charge in [0.25, 0.3) is 0 Å². The Balaban J connectivity index is 3.28. The molecule has 0 radical (unpaired) electrons. The van der Waals surface area contributed by atoms with Crippen LogP contribution in [0.4, 0.5) is 5.69 Å². The maximum absolute atomic E-state index is 10.2. The summed E-state index contributed by atoms with van der Waals surface area (Å²) in [5, 5.41) is 13.4. The van der Waals surface area contributed by atoms with Crippen molar-refractivity contribution in [3.63, 3.8) is 0 Å². The molecule has 1 aromatic heterocycles. The largest absolute Gasteiger partial charge is 0.353 e. The molecule has 0 aliphatic rings. The first-order chi connectivity index (χ1) is 5.16. The van der Waals surface area contributed by atoms with Crippen molar-refractivity contribution in [2.75, 3.05) is 0 Å². The third kappa shape index (κ3) is 1.09. The van der Waals surface area contributed by atoms with Crippen LogP contribution in [0.3, 0.4) is 0 Å². The number of carbonyl (C=O) groups is 1. The first-order valence-corrected chi connectivity index (χ1v) is 2.72. The third-order valence-electron chi connectivity index (χ3n) is 1.15. The Bertz CT molecular complexity index is 303. The van der Waals surface area contributed by atoms with E-state index in [1.807, 2.05) is 0 Å². The van der Waals surface area contributed by atoms with Crippen molar-refractivity contribution in [2.24, 2.45) is 0 Å². The Hall–Kier alpha value is -1.72. The summed E-state index contributed by atoms with van der Waals surface area (Å²) in [6.07, 6.45) is 0.286. The number of nitro groups is 1. The molecule has 6 nitrogen and oxygen atoms in total. The van der Waals surface area contributed by atoms with Crippen LogP contribution in [0.25, 0.3) is 0 Å². The lowest BCUT2D eigenvalue weighted by molar-refractivity contribution is -0.386. The third-order valence-corrected chi connectivity index (χ3v) is 1.15. The predicted molar refractivity (Wildman–Crippen MR) is 33.3 cm³/mol. The van der Waals surface area contributed by atoms with Gasteiger partial charge in [-0.15, -0.1) is 0 Å². The lowest BCUT2D eigenvalue weighted by atomic mass is 10.3. The Morgan fingerprint density at radius 1 is 1.73 bits per heavy atom. The van der Waals surface area contributed by atoms with Crippen molar-refractivity contribution in [1.29, 1.82) is 0 Å². The summed E-state index contributed by atoms with van der Waals surface area (Å²) in [4.78, 5) is 19.6. The van der Waals surface area contributed by atoms with Gasteiger partial charge in [-0.2, -0.15) is 0 Å². The van der Waals surface area contributed by atoms with E-state index in [1.54, 1.807) is 0 Å². The second-order valence-electron chi connectivity index (χ2n) is 1.85. The number of aromatic nitrogens is 1. The summed E-state index contributed by atoms with van der Waals surface area (Å²) in [6.45, 7) is 1.37. The molecule has 0 fully saturated rings. The Morgan fingerprint density at radius 2 is 2.36 bits per heavy atom. The molecular formula is C5H4N2O4. The molecule has 1 heterocycles. The summed E-state index contributed by atoms with van der Waals surface area (Å²) in [5.41, 5.74) is -0.632. The van der Waals surface area contributed by atoms with E-state index in [4.69, 9.17) is 0 Å². The molecule has 0 bridgehead atoms. The molecule has 0 spiro atoms. The molecule has 0 aliphatic heterocycles. The topological polar surface area (TPSA) is 86.2 Å². The minimum atomic E-state index is -0.699. The molecule has 58 valence electrons. The fourth-order valence-corrected chi connectivity index (χ4v) is 0.684. The summed E-state index contributed by atoms with van der Waals surface area (Å²) in [7, 11) is 0. The minimum Gasteiger partial charge on any atom is -0.353 e. The van der Waals surface area contributed by atoms with E-state index in [9.17, 15) is 14.9 Å². The van der Waals surface area contributed by atoms with Gasteiger partial charge in [0, 0.05) is 6.92 Å². The highest BCUT2D eigenvalue weighted by molar-refractivity contribution is 5.78. The van der Waals surface area contributed by atoms with Crippen LogP contribution < -0.4 is 0 Å². The maximum atomic E-state index is 10.2. The molecule has 1 aromatic rings. The zero-order chi connectivity index (χ0) is 8.43. The van der Waals surface area contributed by atoms with E-state index >= 15 is 0 Å². The number of carbonyl (C=O) groups excluding carboxylic acids is 1. The van der Waals surface area contributed by atoms with Crippen molar-refractivity contribution in [1.82, 2.24) is 5.16 Å². The maximum Gasteiger partial charge on any atom is 0.341 e. The van der Waals surface area contributed by atoms with Gasteiger partial charge in [0.05, 0.1) is 4.92 Å². The number of hydrogen-bond acceptors (Lipinski definition) is 5. The fraction of sp³-hybridized carbons (Fsp3) is 0.200. The first-order valence-electron chi connectivity index (χ1n) is 2.72. The monoisotopic (exact) mass is 156 g/mol. The number of nitrogens with zero attached hydrogens (tertiary/aromatic N) is 2. The Kier molecular flexibility index (Phi) is 1.67. The second kappa shape index (κ2) is 2.49. The van der Waals surface area contributed by atoms with Crippen molar-refractivity contribution in [2.45, 2.75) is 6.92 Å². The molecule has 0 N–H and O–H groups in total. The fourth-order valence-electron chi connectivity index (χ4n) is 0.684. The van der Waals surface area contributed by atoms with Crippen LogP contribution >= 0.6 is 0 Å². The molecule has 11 heavy (non-hydrogen) atoms. The minimum absolute atomic E-state index is 0.0390. The Labute approximate surface area is 60.9 Å². The van der Waals surface area contributed by atoms with Crippen LogP contribution in [0.5, 0.6) is 0 Å². The molecule has 0 aliphatic carbocycles. The van der Waals surface area contributed by atoms with Crippen molar-refractivity contribution in [3.8, 4) is 0 Å². The van der Waals surface area contributed by atoms with Crippen LogP contribution in [0, 0.1) is 17.0 Å². The van der Waals surface area contributed by atoms with Gasteiger partial charge in [-0.05, 0) is 0 Å². The van der Waals surface area contributed by atoms with Gasteiger partial charge in [0.2, 0.25) is 11.5 Å². The van der Waals surface area contributed by atoms with Gasteiger partial charge in [-0.25, -0.2) is 0 Å². The normalized spacial score (nSPS) is 9.55. The highest BCUT2D eigenvalue weighted by atomic mass is 16.6. The predicted octanol–water partition coefficient (Wildman–Crippen LogP) is 0.704. The molecule has 0 amide bonds. The average molecular weight is 156 g/mol. The summed E-state index contributed by atoms with van der Waals surface area (Å²) >= 11 is 0. The summed E-state index contributed by atoms with van der Waals surface area (Å²) < 4.78 is 4.42. The zero-order valence-electron chi connectivity index (χ0n) is 5.60. The second-order valence-corrected chi connectivity index (χ2v) is 1.85. The highest BCUT2D eigenvalue weighted by Gasteiger charge is 2.22. The zero-order valence-corrected chi connectivity index (χ0v) is 5.60. The summed E-state index contributed by atoms with van der Waals surface area (Å²) in [6, 6.07) is 0. The molecule has 0 atom stereocenters. The van der Waals surface area contributed by atoms with Gasteiger partial charge in [-0.1, -0.05) is 5.16 Å². The number of hydrogen-bond donors (Lipinski definition) is 0. The molecule has 1 rings (SSSR count). The molecule has 0 saturated carbocycles.